The molecule has 0 atom stereocenters. The van der Waals surface area contributed by atoms with Gasteiger partial charge in [-0.3, -0.25) is 14.5 Å². The number of rotatable bonds is 5. The first-order chi connectivity index (χ1) is 28.3. The minimum absolute atomic E-state index is 0.610. The van der Waals surface area contributed by atoms with Crippen molar-refractivity contribution in [2.75, 3.05) is 0 Å². The van der Waals surface area contributed by atoms with Gasteiger partial charge in [0, 0.05) is 51.1 Å². The van der Waals surface area contributed by atoms with Gasteiger partial charge in [-0.05, 0) is 60.7 Å². The zero-order valence-corrected chi connectivity index (χ0v) is 30.5. The standard InChI is InChI=1S/C50H31N7/c1-2-15-32(16-3-1)38-31-46(56-39-22-8-4-17-33(39)34-18-5-9-23-40(34)56)54-50(53-38)37-21-12-26-45(55-41-24-10-6-19-35(41)47-43(55)27-13-29-51-47)49(37)57-42-25-11-7-20-36(42)48-44(57)28-14-30-52-48/h1-31H. The number of para-hydroxylation sites is 5. The first-order valence-electron chi connectivity index (χ1n) is 19.1. The lowest BCUT2D eigenvalue weighted by Gasteiger charge is -2.20. The van der Waals surface area contributed by atoms with Crippen molar-refractivity contribution < 1.29 is 0 Å². The Morgan fingerprint density at radius 2 is 0.877 bits per heavy atom. The van der Waals surface area contributed by atoms with E-state index in [1.807, 2.05) is 30.6 Å². The highest BCUT2D eigenvalue weighted by molar-refractivity contribution is 6.11. The van der Waals surface area contributed by atoms with E-state index < -0.39 is 0 Å². The lowest BCUT2D eigenvalue weighted by Crippen LogP contribution is -2.08. The summed E-state index contributed by atoms with van der Waals surface area (Å²) in [5.74, 6) is 1.40. The van der Waals surface area contributed by atoms with E-state index in [-0.39, 0.29) is 0 Å². The van der Waals surface area contributed by atoms with Crippen molar-refractivity contribution in [2.24, 2.45) is 0 Å². The highest BCUT2D eigenvalue weighted by atomic mass is 15.1. The van der Waals surface area contributed by atoms with Crippen molar-refractivity contribution in [2.45, 2.75) is 0 Å². The van der Waals surface area contributed by atoms with Crippen molar-refractivity contribution in [3.63, 3.8) is 0 Å². The van der Waals surface area contributed by atoms with E-state index in [0.29, 0.717) is 5.82 Å². The molecule has 0 radical (unpaired) electrons. The molecule has 266 valence electrons. The molecule has 7 nitrogen and oxygen atoms in total. The van der Waals surface area contributed by atoms with Gasteiger partial charge < -0.3 is 9.13 Å². The molecule has 0 aliphatic rings. The van der Waals surface area contributed by atoms with Gasteiger partial charge in [0.05, 0.1) is 61.2 Å². The number of hydrogen-bond donors (Lipinski definition) is 0. The number of nitrogens with zero attached hydrogens (tertiary/aromatic N) is 7. The molecule has 0 saturated carbocycles. The van der Waals surface area contributed by atoms with Gasteiger partial charge in [0.2, 0.25) is 0 Å². The van der Waals surface area contributed by atoms with Gasteiger partial charge >= 0.3 is 0 Å². The van der Waals surface area contributed by atoms with Crippen LogP contribution in [0.2, 0.25) is 0 Å². The van der Waals surface area contributed by atoms with Crippen LogP contribution in [0.25, 0.3) is 106 Å². The van der Waals surface area contributed by atoms with Crippen LogP contribution in [0.1, 0.15) is 0 Å². The molecule has 6 aromatic carbocycles. The van der Waals surface area contributed by atoms with Crippen molar-refractivity contribution in [3.05, 3.63) is 188 Å². The molecule has 0 amide bonds. The van der Waals surface area contributed by atoms with Crippen molar-refractivity contribution in [3.8, 4) is 39.8 Å². The van der Waals surface area contributed by atoms with Crippen LogP contribution in [-0.4, -0.2) is 33.6 Å². The zero-order chi connectivity index (χ0) is 37.5. The second kappa shape index (κ2) is 12.3. The summed E-state index contributed by atoms with van der Waals surface area (Å²) < 4.78 is 6.95. The van der Waals surface area contributed by atoms with Crippen molar-refractivity contribution >= 4 is 65.7 Å². The third-order valence-electron chi connectivity index (χ3n) is 11.2. The van der Waals surface area contributed by atoms with Gasteiger partial charge in [0.1, 0.15) is 5.82 Å². The summed E-state index contributed by atoms with van der Waals surface area (Å²) in [4.78, 5) is 20.8. The van der Waals surface area contributed by atoms with Crippen molar-refractivity contribution in [1.82, 2.24) is 33.6 Å². The Labute approximate surface area is 326 Å². The molecule has 7 heteroatoms. The summed E-state index contributed by atoms with van der Waals surface area (Å²) in [6.45, 7) is 0. The number of benzene rings is 6. The molecule has 0 unspecified atom stereocenters. The zero-order valence-electron chi connectivity index (χ0n) is 30.5. The molecular weight excluding hydrogens is 699 g/mol. The second-order valence-electron chi connectivity index (χ2n) is 14.3. The van der Waals surface area contributed by atoms with Crippen LogP contribution in [0.15, 0.2) is 188 Å². The van der Waals surface area contributed by atoms with E-state index >= 15 is 0 Å². The SMILES string of the molecule is c1ccc(-c2cc(-n3c4ccccc4c4ccccc43)nc(-c3cccc(-n4c5ccccc5c5ncccc54)c3-n3c4ccccc4c4ncccc43)n2)cc1. The van der Waals surface area contributed by atoms with Gasteiger partial charge in [-0.1, -0.05) is 109 Å². The predicted octanol–water partition coefficient (Wildman–Crippen LogP) is 11.9. The Kier molecular flexibility index (Phi) is 6.79. The lowest BCUT2D eigenvalue weighted by atomic mass is 10.1. The fourth-order valence-electron chi connectivity index (χ4n) is 8.79. The largest absolute Gasteiger partial charge is 0.305 e. The molecular formula is C50H31N7. The highest BCUT2D eigenvalue weighted by Gasteiger charge is 2.25. The average molecular weight is 730 g/mol. The van der Waals surface area contributed by atoms with Crippen molar-refractivity contribution in [1.29, 1.82) is 0 Å². The highest BCUT2D eigenvalue weighted by Crippen LogP contribution is 2.42. The maximum absolute atomic E-state index is 5.55. The summed E-state index contributed by atoms with van der Waals surface area (Å²) in [5.41, 5.74) is 12.8. The molecule has 12 rings (SSSR count). The molecule has 12 aromatic rings. The average Bonchev–Trinajstić information content (AvgIpc) is 3.92. The van der Waals surface area contributed by atoms with E-state index in [0.717, 1.165) is 88.9 Å². The van der Waals surface area contributed by atoms with Crippen LogP contribution in [0.3, 0.4) is 0 Å². The molecule has 0 spiro atoms. The second-order valence-corrected chi connectivity index (χ2v) is 14.3. The summed E-state index contributed by atoms with van der Waals surface area (Å²) in [6, 6.07) is 61.4. The van der Waals surface area contributed by atoms with Gasteiger partial charge in [-0.2, -0.15) is 0 Å². The normalized spacial score (nSPS) is 11.9. The lowest BCUT2D eigenvalue weighted by molar-refractivity contribution is 1.04. The van der Waals surface area contributed by atoms with E-state index in [4.69, 9.17) is 19.9 Å². The molecule has 0 saturated heterocycles. The quantitative estimate of drug-likeness (QED) is 0.177. The Morgan fingerprint density at radius 3 is 1.51 bits per heavy atom. The van der Waals surface area contributed by atoms with E-state index in [2.05, 4.69) is 171 Å². The smallest absolute Gasteiger partial charge is 0.164 e. The Morgan fingerprint density at radius 1 is 0.368 bits per heavy atom. The third kappa shape index (κ3) is 4.66. The maximum atomic E-state index is 5.55. The van der Waals surface area contributed by atoms with Crippen LogP contribution in [0, 0.1) is 0 Å². The van der Waals surface area contributed by atoms with E-state index in [1.165, 1.54) is 10.8 Å². The van der Waals surface area contributed by atoms with E-state index in [9.17, 15) is 0 Å². The van der Waals surface area contributed by atoms with Crippen LogP contribution in [0.5, 0.6) is 0 Å². The molecule has 0 bridgehead atoms. The molecule has 57 heavy (non-hydrogen) atoms. The van der Waals surface area contributed by atoms with Crippen LogP contribution >= 0.6 is 0 Å². The summed E-state index contributed by atoms with van der Waals surface area (Å²) >= 11 is 0. The summed E-state index contributed by atoms with van der Waals surface area (Å²) in [7, 11) is 0. The summed E-state index contributed by atoms with van der Waals surface area (Å²) in [5, 5.41) is 4.51. The molecule has 0 aliphatic heterocycles. The van der Waals surface area contributed by atoms with Gasteiger partial charge in [0.15, 0.2) is 5.82 Å². The maximum Gasteiger partial charge on any atom is 0.164 e. The van der Waals surface area contributed by atoms with Crippen LogP contribution < -0.4 is 0 Å². The Bertz CT molecular complexity index is 3380. The molecule has 0 aliphatic carbocycles. The van der Waals surface area contributed by atoms with Crippen LogP contribution in [-0.2, 0) is 0 Å². The fourth-order valence-corrected chi connectivity index (χ4v) is 8.79. The van der Waals surface area contributed by atoms with Crippen LogP contribution in [0.4, 0.5) is 0 Å². The van der Waals surface area contributed by atoms with E-state index in [1.54, 1.807) is 0 Å². The Balaban J connectivity index is 1.25. The first-order valence-corrected chi connectivity index (χ1v) is 19.1. The predicted molar refractivity (Wildman–Crippen MR) is 232 cm³/mol. The number of fused-ring (bicyclic) bond motifs is 9. The molecule has 0 N–H and O–H groups in total. The number of aromatic nitrogens is 7. The first kappa shape index (κ1) is 31.5. The minimum atomic E-state index is 0.610. The van der Waals surface area contributed by atoms with Gasteiger partial charge in [-0.25, -0.2) is 9.97 Å². The Hall–Kier alpha value is -7.90. The minimum Gasteiger partial charge on any atom is -0.305 e. The third-order valence-corrected chi connectivity index (χ3v) is 11.2. The fraction of sp³-hybridized carbons (Fsp3) is 0. The monoisotopic (exact) mass is 729 g/mol. The van der Waals surface area contributed by atoms with Gasteiger partial charge in [0.25, 0.3) is 0 Å². The molecule has 6 heterocycles. The van der Waals surface area contributed by atoms with Gasteiger partial charge in [-0.15, -0.1) is 0 Å². The molecule has 0 fully saturated rings. The summed E-state index contributed by atoms with van der Waals surface area (Å²) in [6.07, 6.45) is 3.74. The number of pyridine rings is 2. The molecule has 6 aromatic heterocycles. The topological polar surface area (TPSA) is 66.3 Å². The number of hydrogen-bond acceptors (Lipinski definition) is 4.